The van der Waals surface area contributed by atoms with E-state index in [1.54, 1.807) is 14.2 Å². The number of nitrogens with one attached hydrogen (secondary N) is 1. The Hall–Kier alpha value is -1.50. The van der Waals surface area contributed by atoms with Gasteiger partial charge in [-0.25, -0.2) is 0 Å². The number of nitrogens with two attached hydrogens (primary N) is 1. The van der Waals surface area contributed by atoms with E-state index in [2.05, 4.69) is 5.32 Å². The zero-order valence-corrected chi connectivity index (χ0v) is 16.2. The molecule has 6 nitrogen and oxygen atoms in total. The van der Waals surface area contributed by atoms with E-state index in [0.717, 1.165) is 11.1 Å². The number of benzene rings is 1. The van der Waals surface area contributed by atoms with Gasteiger partial charge in [0.15, 0.2) is 11.5 Å². The molecule has 1 aliphatic heterocycles. The molecule has 1 aliphatic rings. The van der Waals surface area contributed by atoms with E-state index in [9.17, 15) is 4.79 Å². The van der Waals surface area contributed by atoms with Gasteiger partial charge in [-0.3, -0.25) is 4.79 Å². The summed E-state index contributed by atoms with van der Waals surface area (Å²) in [5, 5.41) is 3.12. The molecule has 0 aliphatic carbocycles. The van der Waals surface area contributed by atoms with Gasteiger partial charge in [-0.05, 0) is 49.9 Å². The lowest BCUT2D eigenvalue weighted by Crippen LogP contribution is -2.49. The molecule has 1 unspecified atom stereocenters. The predicted molar refractivity (Wildman–Crippen MR) is 99.6 cm³/mol. The summed E-state index contributed by atoms with van der Waals surface area (Å²) >= 11 is 0. The van der Waals surface area contributed by atoms with Gasteiger partial charge in [-0.2, -0.15) is 0 Å². The fourth-order valence-electron chi connectivity index (χ4n) is 3.18. The van der Waals surface area contributed by atoms with Crippen LogP contribution in [-0.4, -0.2) is 39.9 Å². The maximum Gasteiger partial charge on any atom is 0.228 e. The van der Waals surface area contributed by atoms with E-state index < -0.39 is 5.41 Å². The van der Waals surface area contributed by atoms with Crippen molar-refractivity contribution in [1.82, 2.24) is 5.32 Å². The molecule has 3 N–H and O–H groups in total. The summed E-state index contributed by atoms with van der Waals surface area (Å²) in [7, 11) is 3.21. The zero-order valence-electron chi connectivity index (χ0n) is 15.4. The van der Waals surface area contributed by atoms with Crippen molar-refractivity contribution < 1.29 is 19.0 Å². The van der Waals surface area contributed by atoms with Gasteiger partial charge in [0, 0.05) is 19.8 Å². The highest BCUT2D eigenvalue weighted by atomic mass is 35.5. The van der Waals surface area contributed by atoms with Gasteiger partial charge in [0.25, 0.3) is 0 Å². The van der Waals surface area contributed by atoms with Gasteiger partial charge < -0.3 is 25.3 Å². The number of methoxy groups -OCH3 is 2. The van der Waals surface area contributed by atoms with Crippen LogP contribution in [0.2, 0.25) is 0 Å². The molecule has 1 amide bonds. The van der Waals surface area contributed by atoms with Crippen LogP contribution in [-0.2, 0) is 9.53 Å². The van der Waals surface area contributed by atoms with E-state index in [4.69, 9.17) is 19.9 Å². The number of hydrogen-bond acceptors (Lipinski definition) is 5. The molecule has 0 bridgehead atoms. The number of amides is 1. The number of rotatable bonds is 6. The summed E-state index contributed by atoms with van der Waals surface area (Å²) in [4.78, 5) is 12.8. The Kier molecular flexibility index (Phi) is 7.99. The van der Waals surface area contributed by atoms with Crippen molar-refractivity contribution in [2.75, 3.05) is 34.0 Å². The van der Waals surface area contributed by atoms with Crippen LogP contribution in [0.1, 0.15) is 36.9 Å². The van der Waals surface area contributed by atoms with Crippen molar-refractivity contribution in [3.8, 4) is 11.5 Å². The maximum atomic E-state index is 12.8. The zero-order chi connectivity index (χ0) is 17.7. The molecule has 1 fully saturated rings. The van der Waals surface area contributed by atoms with Crippen LogP contribution in [0.5, 0.6) is 11.5 Å². The van der Waals surface area contributed by atoms with E-state index in [1.165, 1.54) is 0 Å². The van der Waals surface area contributed by atoms with E-state index in [0.29, 0.717) is 44.1 Å². The fourth-order valence-corrected chi connectivity index (χ4v) is 3.18. The van der Waals surface area contributed by atoms with Gasteiger partial charge in [0.05, 0.1) is 25.7 Å². The molecule has 25 heavy (non-hydrogen) atoms. The van der Waals surface area contributed by atoms with Gasteiger partial charge in [-0.15, -0.1) is 12.4 Å². The summed E-state index contributed by atoms with van der Waals surface area (Å²) in [5.74, 6) is 1.33. The van der Waals surface area contributed by atoms with Gasteiger partial charge >= 0.3 is 0 Å². The molecule has 0 spiro atoms. The average molecular weight is 373 g/mol. The van der Waals surface area contributed by atoms with Crippen LogP contribution in [0.25, 0.3) is 0 Å². The third kappa shape index (κ3) is 4.57. The van der Waals surface area contributed by atoms with Crippen molar-refractivity contribution in [2.24, 2.45) is 11.1 Å². The second-order valence-electron chi connectivity index (χ2n) is 6.36. The first-order valence-corrected chi connectivity index (χ1v) is 8.28. The lowest BCUT2D eigenvalue weighted by atomic mass is 9.79. The molecule has 0 radical (unpaired) electrons. The van der Waals surface area contributed by atoms with Crippen LogP contribution in [0.4, 0.5) is 0 Å². The normalized spacial score (nSPS) is 17.2. The van der Waals surface area contributed by atoms with Crippen molar-refractivity contribution >= 4 is 18.3 Å². The van der Waals surface area contributed by atoms with E-state index in [-0.39, 0.29) is 24.4 Å². The highest BCUT2D eigenvalue weighted by molar-refractivity contribution is 5.85. The lowest BCUT2D eigenvalue weighted by Gasteiger charge is -2.35. The Morgan fingerprint density at radius 2 is 1.84 bits per heavy atom. The number of carbonyl (C=O) groups excluding carboxylic acids is 1. The topological polar surface area (TPSA) is 82.8 Å². The lowest BCUT2D eigenvalue weighted by molar-refractivity contribution is -0.136. The molecule has 142 valence electrons. The minimum Gasteiger partial charge on any atom is -0.493 e. The molecule has 1 atom stereocenters. The monoisotopic (exact) mass is 372 g/mol. The summed E-state index contributed by atoms with van der Waals surface area (Å²) in [6, 6.07) is 3.69. The van der Waals surface area contributed by atoms with Crippen LogP contribution >= 0.6 is 12.4 Å². The van der Waals surface area contributed by atoms with Crippen LogP contribution in [0, 0.1) is 12.3 Å². The first-order valence-electron chi connectivity index (χ1n) is 8.28. The number of aryl methyl sites for hydroxylation is 1. The fraction of sp³-hybridized carbons (Fsp3) is 0.611. The third-order valence-electron chi connectivity index (χ3n) is 4.91. The number of carbonyl (C=O) groups is 1. The van der Waals surface area contributed by atoms with Crippen molar-refractivity contribution in [1.29, 1.82) is 0 Å². The minimum absolute atomic E-state index is 0. The second kappa shape index (κ2) is 9.27. The quantitative estimate of drug-likeness (QED) is 0.801. The minimum atomic E-state index is -0.531. The number of hydrogen-bond donors (Lipinski definition) is 2. The average Bonchev–Trinajstić information content (AvgIpc) is 2.61. The molecule has 1 aromatic carbocycles. The van der Waals surface area contributed by atoms with Crippen molar-refractivity contribution in [2.45, 2.75) is 32.7 Å². The van der Waals surface area contributed by atoms with E-state index in [1.807, 2.05) is 26.0 Å². The Balaban J connectivity index is 0.00000312. The smallest absolute Gasteiger partial charge is 0.228 e. The Morgan fingerprint density at radius 3 is 2.36 bits per heavy atom. The number of ether oxygens (including phenoxy) is 3. The largest absolute Gasteiger partial charge is 0.493 e. The van der Waals surface area contributed by atoms with Crippen LogP contribution in [0.3, 0.4) is 0 Å². The van der Waals surface area contributed by atoms with Gasteiger partial charge in [0.1, 0.15) is 0 Å². The highest BCUT2D eigenvalue weighted by Crippen LogP contribution is 2.34. The second-order valence-corrected chi connectivity index (χ2v) is 6.36. The summed E-state index contributed by atoms with van der Waals surface area (Å²) in [6.45, 7) is 5.45. The third-order valence-corrected chi connectivity index (χ3v) is 4.91. The first-order chi connectivity index (χ1) is 11.5. The molecular weight excluding hydrogens is 344 g/mol. The van der Waals surface area contributed by atoms with Gasteiger partial charge in [0.2, 0.25) is 5.91 Å². The summed E-state index contributed by atoms with van der Waals surface area (Å²) in [6.07, 6.45) is 1.32. The molecule has 7 heteroatoms. The molecule has 1 aromatic rings. The highest BCUT2D eigenvalue weighted by Gasteiger charge is 2.39. The molecule has 1 heterocycles. The maximum absolute atomic E-state index is 12.8. The standard InChI is InChI=1S/C18H28N2O4.ClH/c1-12-9-15(22-3)16(23-4)10-14(12)13(2)20-17(21)18(11-19)5-7-24-8-6-18;/h9-10,13H,5-8,11,19H2,1-4H3,(H,20,21);1H. The molecule has 2 rings (SSSR count). The Bertz CT molecular complexity index is 589. The van der Waals surface area contributed by atoms with E-state index >= 15 is 0 Å². The summed E-state index contributed by atoms with van der Waals surface area (Å²) in [5.41, 5.74) is 7.42. The van der Waals surface area contributed by atoms with Gasteiger partial charge in [-0.1, -0.05) is 0 Å². The molecule has 1 saturated heterocycles. The predicted octanol–water partition coefficient (Wildman–Crippen LogP) is 2.37. The van der Waals surface area contributed by atoms with Crippen LogP contribution < -0.4 is 20.5 Å². The SMILES string of the molecule is COc1cc(C)c(C(C)NC(=O)C2(CN)CCOCC2)cc1OC.Cl. The molecular formula is C18H29ClN2O4. The summed E-state index contributed by atoms with van der Waals surface area (Å²) < 4.78 is 16.1. The van der Waals surface area contributed by atoms with Crippen LogP contribution in [0.15, 0.2) is 12.1 Å². The molecule has 0 saturated carbocycles. The number of halogens is 1. The first kappa shape index (κ1) is 21.5. The Labute approximate surface area is 155 Å². The van der Waals surface area contributed by atoms with Crippen molar-refractivity contribution in [3.63, 3.8) is 0 Å². The molecule has 0 aromatic heterocycles. The Morgan fingerprint density at radius 1 is 1.28 bits per heavy atom. The van der Waals surface area contributed by atoms with Crippen molar-refractivity contribution in [3.05, 3.63) is 23.3 Å².